The average molecular weight is 237 g/mol. The lowest BCUT2D eigenvalue weighted by atomic mass is 10.1. The highest BCUT2D eigenvalue weighted by atomic mass is 16.5. The van der Waals surface area contributed by atoms with Gasteiger partial charge in [0.25, 0.3) is 0 Å². The topological polar surface area (TPSA) is 60.2 Å². The van der Waals surface area contributed by atoms with Crippen LogP contribution in [0.2, 0.25) is 0 Å². The number of rotatable bonds is 5. The van der Waals surface area contributed by atoms with Crippen molar-refractivity contribution in [3.63, 3.8) is 0 Å². The minimum absolute atomic E-state index is 0.272. The molecule has 1 aliphatic heterocycles. The van der Waals surface area contributed by atoms with Gasteiger partial charge >= 0.3 is 0 Å². The molecule has 1 atom stereocenters. The standard InChI is InChI=1S/C12H19N3O2/c1-2-6-16-10(3-1)7-12-14-11(15-17-12)8-13-9-4-5-9/h9-10,13H,1-8H2. The van der Waals surface area contributed by atoms with Crippen LogP contribution in [0.4, 0.5) is 0 Å². The van der Waals surface area contributed by atoms with E-state index in [1.54, 1.807) is 0 Å². The van der Waals surface area contributed by atoms with E-state index >= 15 is 0 Å². The maximum absolute atomic E-state index is 5.66. The number of hydrogen-bond donors (Lipinski definition) is 1. The number of nitrogens with one attached hydrogen (secondary N) is 1. The molecule has 5 heteroatoms. The molecule has 1 N–H and O–H groups in total. The van der Waals surface area contributed by atoms with E-state index in [1.807, 2.05) is 0 Å². The highest BCUT2D eigenvalue weighted by Gasteiger charge is 2.22. The molecule has 0 spiro atoms. The molecule has 1 saturated heterocycles. The maximum Gasteiger partial charge on any atom is 0.229 e. The second-order valence-corrected chi connectivity index (χ2v) is 4.95. The molecule has 0 bridgehead atoms. The number of aromatic nitrogens is 2. The minimum atomic E-state index is 0.272. The Kier molecular flexibility index (Phi) is 3.38. The fraction of sp³-hybridized carbons (Fsp3) is 0.833. The van der Waals surface area contributed by atoms with Crippen LogP contribution in [0, 0.1) is 0 Å². The monoisotopic (exact) mass is 237 g/mol. The van der Waals surface area contributed by atoms with Crippen LogP contribution < -0.4 is 5.32 Å². The summed E-state index contributed by atoms with van der Waals surface area (Å²) in [6.45, 7) is 1.59. The van der Waals surface area contributed by atoms with Gasteiger partial charge in [-0.2, -0.15) is 4.98 Å². The summed E-state index contributed by atoms with van der Waals surface area (Å²) in [5, 5.41) is 7.35. The van der Waals surface area contributed by atoms with Gasteiger partial charge in [0.15, 0.2) is 5.82 Å². The van der Waals surface area contributed by atoms with Gasteiger partial charge in [0.1, 0.15) is 0 Å². The van der Waals surface area contributed by atoms with E-state index in [1.165, 1.54) is 25.7 Å². The number of nitrogens with zero attached hydrogens (tertiary/aromatic N) is 2. The van der Waals surface area contributed by atoms with Crippen molar-refractivity contribution in [2.45, 2.75) is 57.2 Å². The molecule has 1 saturated carbocycles. The predicted molar refractivity (Wildman–Crippen MR) is 61.5 cm³/mol. The molecule has 17 heavy (non-hydrogen) atoms. The van der Waals surface area contributed by atoms with E-state index in [4.69, 9.17) is 9.26 Å². The molecule has 1 unspecified atom stereocenters. The molecule has 0 aromatic carbocycles. The van der Waals surface area contributed by atoms with Crippen molar-refractivity contribution in [1.82, 2.24) is 15.5 Å². The van der Waals surface area contributed by atoms with E-state index in [0.717, 1.165) is 31.8 Å². The first-order chi connectivity index (χ1) is 8.40. The lowest BCUT2D eigenvalue weighted by Crippen LogP contribution is -2.21. The molecule has 3 rings (SSSR count). The van der Waals surface area contributed by atoms with Crippen molar-refractivity contribution in [3.05, 3.63) is 11.7 Å². The van der Waals surface area contributed by atoms with Crippen LogP contribution >= 0.6 is 0 Å². The minimum Gasteiger partial charge on any atom is -0.378 e. The van der Waals surface area contributed by atoms with Crippen molar-refractivity contribution < 1.29 is 9.26 Å². The van der Waals surface area contributed by atoms with Crippen molar-refractivity contribution >= 4 is 0 Å². The van der Waals surface area contributed by atoms with Crippen molar-refractivity contribution in [3.8, 4) is 0 Å². The zero-order chi connectivity index (χ0) is 11.5. The highest BCUT2D eigenvalue weighted by Crippen LogP contribution is 2.19. The summed E-state index contributed by atoms with van der Waals surface area (Å²) in [6.07, 6.45) is 7.12. The smallest absolute Gasteiger partial charge is 0.229 e. The van der Waals surface area contributed by atoms with Crippen LogP contribution in [-0.4, -0.2) is 28.9 Å². The van der Waals surface area contributed by atoms with E-state index in [-0.39, 0.29) is 6.10 Å². The fourth-order valence-corrected chi connectivity index (χ4v) is 2.13. The Morgan fingerprint density at radius 1 is 1.24 bits per heavy atom. The Balaban J connectivity index is 1.48. The Morgan fingerprint density at radius 3 is 2.94 bits per heavy atom. The summed E-state index contributed by atoms with van der Waals surface area (Å²) >= 11 is 0. The van der Waals surface area contributed by atoms with Gasteiger partial charge < -0.3 is 14.6 Å². The van der Waals surface area contributed by atoms with Crippen LogP contribution in [0.15, 0.2) is 4.52 Å². The molecule has 0 amide bonds. The lowest BCUT2D eigenvalue weighted by molar-refractivity contribution is 0.0124. The van der Waals surface area contributed by atoms with Gasteiger partial charge in [-0.1, -0.05) is 5.16 Å². The lowest BCUT2D eigenvalue weighted by Gasteiger charge is -2.20. The second-order valence-electron chi connectivity index (χ2n) is 4.95. The first kappa shape index (κ1) is 11.2. The second kappa shape index (κ2) is 5.14. The molecule has 1 aromatic heterocycles. The number of ether oxygens (including phenoxy) is 1. The molecular formula is C12H19N3O2. The van der Waals surface area contributed by atoms with Crippen molar-refractivity contribution in [1.29, 1.82) is 0 Å². The van der Waals surface area contributed by atoms with Gasteiger partial charge in [0.2, 0.25) is 5.89 Å². The summed E-state index contributed by atoms with van der Waals surface area (Å²) in [5.74, 6) is 1.48. The number of hydrogen-bond acceptors (Lipinski definition) is 5. The van der Waals surface area contributed by atoms with Gasteiger partial charge in [-0.25, -0.2) is 0 Å². The van der Waals surface area contributed by atoms with Crippen LogP contribution in [0.25, 0.3) is 0 Å². The largest absolute Gasteiger partial charge is 0.378 e. The molecule has 2 fully saturated rings. The Bertz CT molecular complexity index is 356. The van der Waals surface area contributed by atoms with E-state index in [9.17, 15) is 0 Å². The van der Waals surface area contributed by atoms with Gasteiger partial charge in [-0.15, -0.1) is 0 Å². The van der Waals surface area contributed by atoms with Crippen molar-refractivity contribution in [2.75, 3.05) is 6.61 Å². The average Bonchev–Trinajstić information content (AvgIpc) is 3.09. The summed E-state index contributed by atoms with van der Waals surface area (Å²) in [7, 11) is 0. The quantitative estimate of drug-likeness (QED) is 0.839. The summed E-state index contributed by atoms with van der Waals surface area (Å²) in [4.78, 5) is 4.38. The van der Waals surface area contributed by atoms with Crippen molar-refractivity contribution in [2.24, 2.45) is 0 Å². The molecule has 5 nitrogen and oxygen atoms in total. The molecular weight excluding hydrogens is 218 g/mol. The molecule has 94 valence electrons. The first-order valence-electron chi connectivity index (χ1n) is 6.56. The third-order valence-electron chi connectivity index (χ3n) is 3.31. The molecule has 1 aliphatic carbocycles. The normalized spacial score (nSPS) is 25.1. The summed E-state index contributed by atoms with van der Waals surface area (Å²) in [6, 6.07) is 0.679. The van der Waals surface area contributed by atoms with Crippen LogP contribution in [0.5, 0.6) is 0 Å². The van der Waals surface area contributed by atoms with Crippen LogP contribution in [0.3, 0.4) is 0 Å². The van der Waals surface area contributed by atoms with Gasteiger partial charge in [0, 0.05) is 12.6 Å². The zero-order valence-electron chi connectivity index (χ0n) is 10.0. The maximum atomic E-state index is 5.66. The third-order valence-corrected chi connectivity index (χ3v) is 3.31. The van der Waals surface area contributed by atoms with Gasteiger partial charge in [0.05, 0.1) is 19.1 Å². The Labute approximate surface area is 101 Å². The third kappa shape index (κ3) is 3.26. The molecule has 2 heterocycles. The van der Waals surface area contributed by atoms with Gasteiger partial charge in [-0.3, -0.25) is 0 Å². The van der Waals surface area contributed by atoms with E-state index in [2.05, 4.69) is 15.5 Å². The molecule has 1 aromatic rings. The Hall–Kier alpha value is -0.940. The van der Waals surface area contributed by atoms with Crippen LogP contribution in [-0.2, 0) is 17.7 Å². The summed E-state index contributed by atoms with van der Waals surface area (Å²) < 4.78 is 10.9. The van der Waals surface area contributed by atoms with Gasteiger partial charge in [-0.05, 0) is 32.1 Å². The fourth-order valence-electron chi connectivity index (χ4n) is 2.13. The zero-order valence-corrected chi connectivity index (χ0v) is 10.0. The highest BCUT2D eigenvalue weighted by molar-refractivity contribution is 4.91. The Morgan fingerprint density at radius 2 is 2.18 bits per heavy atom. The SMILES string of the molecule is C1CCC(Cc2nc(CNC3CC3)no2)OC1. The van der Waals surface area contributed by atoms with Crippen LogP contribution in [0.1, 0.15) is 43.8 Å². The van der Waals surface area contributed by atoms with E-state index < -0.39 is 0 Å². The van der Waals surface area contributed by atoms with E-state index in [0.29, 0.717) is 11.9 Å². The molecule has 2 aliphatic rings. The molecule has 0 radical (unpaired) electrons. The predicted octanol–water partition coefficient (Wildman–Crippen LogP) is 1.43. The summed E-state index contributed by atoms with van der Waals surface area (Å²) in [5.41, 5.74) is 0. The first-order valence-corrected chi connectivity index (χ1v) is 6.56.